The van der Waals surface area contributed by atoms with Gasteiger partial charge in [0, 0.05) is 13.1 Å². The Labute approximate surface area is 95.0 Å². The topological polar surface area (TPSA) is 60.9 Å². The monoisotopic (exact) mass is 224 g/mol. The Bertz CT molecular complexity index is 318. The van der Waals surface area contributed by atoms with Gasteiger partial charge >= 0.3 is 12.0 Å². The van der Waals surface area contributed by atoms with Gasteiger partial charge in [0.1, 0.15) is 6.54 Å². The molecule has 1 rings (SSSR count). The SMILES string of the molecule is C#CCN(CC(=O)O)C(=O)N(C)C1CCC1. The van der Waals surface area contributed by atoms with Gasteiger partial charge < -0.3 is 14.9 Å². The van der Waals surface area contributed by atoms with Crippen molar-refractivity contribution >= 4 is 12.0 Å². The second-order valence-corrected chi connectivity index (χ2v) is 3.93. The Morgan fingerprint density at radius 3 is 2.50 bits per heavy atom. The standard InChI is InChI=1S/C11H16N2O3/c1-3-7-13(8-10(14)15)11(16)12(2)9-5-4-6-9/h1,9H,4-8H2,2H3,(H,14,15). The van der Waals surface area contributed by atoms with E-state index in [2.05, 4.69) is 5.92 Å². The van der Waals surface area contributed by atoms with E-state index in [-0.39, 0.29) is 25.2 Å². The van der Waals surface area contributed by atoms with Crippen LogP contribution in [-0.2, 0) is 4.79 Å². The van der Waals surface area contributed by atoms with E-state index in [1.165, 1.54) is 4.90 Å². The van der Waals surface area contributed by atoms with Crippen molar-refractivity contribution in [3.63, 3.8) is 0 Å². The lowest BCUT2D eigenvalue weighted by Crippen LogP contribution is -2.49. The Hall–Kier alpha value is -1.70. The Morgan fingerprint density at radius 2 is 2.12 bits per heavy atom. The summed E-state index contributed by atoms with van der Waals surface area (Å²) in [6.07, 6.45) is 8.20. The molecule has 1 aliphatic rings. The highest BCUT2D eigenvalue weighted by atomic mass is 16.4. The number of hydrogen-bond acceptors (Lipinski definition) is 2. The first kappa shape index (κ1) is 12.4. The maximum atomic E-state index is 11.9. The first-order valence-corrected chi connectivity index (χ1v) is 5.23. The summed E-state index contributed by atoms with van der Waals surface area (Å²) in [5.74, 6) is 1.25. The third kappa shape index (κ3) is 2.89. The zero-order chi connectivity index (χ0) is 12.1. The van der Waals surface area contributed by atoms with Gasteiger partial charge in [-0.1, -0.05) is 5.92 Å². The molecular weight excluding hydrogens is 208 g/mol. The predicted octanol–water partition coefficient (Wildman–Crippen LogP) is 0.610. The fourth-order valence-corrected chi connectivity index (χ4v) is 1.62. The van der Waals surface area contributed by atoms with Crippen molar-refractivity contribution in [3.05, 3.63) is 0 Å². The molecule has 1 saturated carbocycles. The average molecular weight is 224 g/mol. The van der Waals surface area contributed by atoms with Crippen LogP contribution in [0.1, 0.15) is 19.3 Å². The van der Waals surface area contributed by atoms with Gasteiger partial charge in [-0.25, -0.2) is 4.79 Å². The second-order valence-electron chi connectivity index (χ2n) is 3.93. The molecule has 16 heavy (non-hydrogen) atoms. The molecule has 0 saturated heterocycles. The predicted molar refractivity (Wildman–Crippen MR) is 58.8 cm³/mol. The molecule has 0 aromatic carbocycles. The van der Waals surface area contributed by atoms with Gasteiger partial charge in [0.25, 0.3) is 0 Å². The molecule has 1 aliphatic carbocycles. The van der Waals surface area contributed by atoms with Crippen LogP contribution < -0.4 is 0 Å². The number of terminal acetylenes is 1. The number of urea groups is 1. The fraction of sp³-hybridized carbons (Fsp3) is 0.636. The third-order valence-corrected chi connectivity index (χ3v) is 2.80. The lowest BCUT2D eigenvalue weighted by molar-refractivity contribution is -0.137. The molecule has 1 fully saturated rings. The summed E-state index contributed by atoms with van der Waals surface area (Å²) in [6.45, 7) is -0.317. The van der Waals surface area contributed by atoms with Crippen LogP contribution in [-0.4, -0.2) is 53.1 Å². The number of amides is 2. The molecule has 0 heterocycles. The molecule has 0 bridgehead atoms. The van der Waals surface area contributed by atoms with Crippen LogP contribution in [0.4, 0.5) is 4.79 Å². The van der Waals surface area contributed by atoms with Gasteiger partial charge in [-0.3, -0.25) is 4.79 Å². The summed E-state index contributed by atoms with van der Waals surface area (Å²) in [4.78, 5) is 25.2. The van der Waals surface area contributed by atoms with Crippen LogP contribution >= 0.6 is 0 Å². The molecule has 88 valence electrons. The van der Waals surface area contributed by atoms with Crippen molar-refractivity contribution in [3.8, 4) is 12.3 Å². The summed E-state index contributed by atoms with van der Waals surface area (Å²) < 4.78 is 0. The molecule has 0 aromatic rings. The van der Waals surface area contributed by atoms with E-state index >= 15 is 0 Å². The number of carboxylic acids is 1. The van der Waals surface area contributed by atoms with Crippen molar-refractivity contribution in [1.82, 2.24) is 9.80 Å². The molecule has 1 N–H and O–H groups in total. The third-order valence-electron chi connectivity index (χ3n) is 2.80. The van der Waals surface area contributed by atoms with Gasteiger partial charge in [-0.2, -0.15) is 0 Å². The molecule has 2 amide bonds. The van der Waals surface area contributed by atoms with Crippen LogP contribution in [0, 0.1) is 12.3 Å². The van der Waals surface area contributed by atoms with Gasteiger partial charge in [0.05, 0.1) is 6.54 Å². The summed E-state index contributed by atoms with van der Waals surface area (Å²) in [5.41, 5.74) is 0. The molecule has 5 nitrogen and oxygen atoms in total. The molecule has 0 aliphatic heterocycles. The van der Waals surface area contributed by atoms with Crippen LogP contribution in [0.15, 0.2) is 0 Å². The normalized spacial score (nSPS) is 14.8. The minimum Gasteiger partial charge on any atom is -0.480 e. The highest BCUT2D eigenvalue weighted by Gasteiger charge is 2.29. The van der Waals surface area contributed by atoms with Crippen molar-refractivity contribution in [2.24, 2.45) is 0 Å². The van der Waals surface area contributed by atoms with Crippen LogP contribution in [0.3, 0.4) is 0 Å². The van der Waals surface area contributed by atoms with E-state index in [4.69, 9.17) is 11.5 Å². The van der Waals surface area contributed by atoms with E-state index < -0.39 is 5.97 Å². The van der Waals surface area contributed by atoms with Gasteiger partial charge in [0.15, 0.2) is 0 Å². The number of carbonyl (C=O) groups is 2. The van der Waals surface area contributed by atoms with E-state index in [9.17, 15) is 9.59 Å². The molecule has 5 heteroatoms. The molecule has 0 aromatic heterocycles. The van der Waals surface area contributed by atoms with E-state index in [0.29, 0.717) is 0 Å². The van der Waals surface area contributed by atoms with Crippen LogP contribution in [0.25, 0.3) is 0 Å². The second kappa shape index (κ2) is 5.40. The highest BCUT2D eigenvalue weighted by molar-refractivity contribution is 5.80. The maximum Gasteiger partial charge on any atom is 0.323 e. The summed E-state index contributed by atoms with van der Waals surface area (Å²) in [7, 11) is 1.69. The van der Waals surface area contributed by atoms with Crippen molar-refractivity contribution in [2.75, 3.05) is 20.1 Å². The largest absolute Gasteiger partial charge is 0.480 e. The number of hydrogen-bond donors (Lipinski definition) is 1. The number of nitrogens with zero attached hydrogens (tertiary/aromatic N) is 2. The average Bonchev–Trinajstić information content (AvgIpc) is 2.12. The van der Waals surface area contributed by atoms with Crippen LogP contribution in [0.2, 0.25) is 0 Å². The molecule has 0 radical (unpaired) electrons. The number of carbonyl (C=O) groups excluding carboxylic acids is 1. The number of carboxylic acid groups (broad SMARTS) is 1. The lowest BCUT2D eigenvalue weighted by Gasteiger charge is -2.37. The summed E-state index contributed by atoms with van der Waals surface area (Å²) in [6, 6.07) is -0.0633. The van der Waals surface area contributed by atoms with Gasteiger partial charge in [0.2, 0.25) is 0 Å². The maximum absolute atomic E-state index is 11.9. The van der Waals surface area contributed by atoms with Crippen molar-refractivity contribution in [1.29, 1.82) is 0 Å². The van der Waals surface area contributed by atoms with E-state index in [1.54, 1.807) is 11.9 Å². The minimum absolute atomic E-state index is 0.0300. The number of aliphatic carboxylic acids is 1. The highest BCUT2D eigenvalue weighted by Crippen LogP contribution is 2.24. The quantitative estimate of drug-likeness (QED) is 0.712. The molecule has 0 unspecified atom stereocenters. The minimum atomic E-state index is -1.05. The lowest BCUT2D eigenvalue weighted by atomic mass is 9.92. The fourth-order valence-electron chi connectivity index (χ4n) is 1.62. The number of rotatable bonds is 4. The van der Waals surface area contributed by atoms with Gasteiger partial charge in [-0.15, -0.1) is 6.42 Å². The molecule has 0 atom stereocenters. The van der Waals surface area contributed by atoms with Crippen molar-refractivity contribution < 1.29 is 14.7 Å². The van der Waals surface area contributed by atoms with E-state index in [0.717, 1.165) is 19.3 Å². The summed E-state index contributed by atoms with van der Waals surface area (Å²) >= 11 is 0. The first-order valence-electron chi connectivity index (χ1n) is 5.23. The van der Waals surface area contributed by atoms with Gasteiger partial charge in [-0.05, 0) is 19.3 Å². The zero-order valence-corrected chi connectivity index (χ0v) is 9.35. The van der Waals surface area contributed by atoms with Crippen LogP contribution in [0.5, 0.6) is 0 Å². The zero-order valence-electron chi connectivity index (χ0n) is 9.35. The summed E-state index contributed by atoms with van der Waals surface area (Å²) in [5, 5.41) is 8.67. The smallest absolute Gasteiger partial charge is 0.323 e. The Morgan fingerprint density at radius 1 is 1.50 bits per heavy atom. The van der Waals surface area contributed by atoms with E-state index in [1.807, 2.05) is 0 Å². The molecule has 0 spiro atoms. The van der Waals surface area contributed by atoms with Crippen molar-refractivity contribution in [2.45, 2.75) is 25.3 Å². The molecular formula is C11H16N2O3. The Balaban J connectivity index is 2.58. The Kier molecular flexibility index (Phi) is 4.18. The first-order chi connectivity index (χ1) is 7.56.